The summed E-state index contributed by atoms with van der Waals surface area (Å²) in [5.41, 5.74) is 2.10. The summed E-state index contributed by atoms with van der Waals surface area (Å²) in [5, 5.41) is 0. The zero-order chi connectivity index (χ0) is 22.1. The van der Waals surface area contributed by atoms with Gasteiger partial charge in [-0.3, -0.25) is 0 Å². The molecule has 3 heteroatoms. The molecule has 0 aliphatic rings. The molecule has 0 N–H and O–H groups in total. The predicted octanol–water partition coefficient (Wildman–Crippen LogP) is 5.22. The SMILES string of the molecule is [2H]C([2H])([2H])c1ccc(-c2cc(CC(C)C)[c]([Ge]([CH3])([CH3])[c]3ccccc3)cn2)c(F)c1. The Morgan fingerprint density at radius 1 is 1.07 bits per heavy atom. The maximum atomic E-state index is 14.8. The van der Waals surface area contributed by atoms with Crippen molar-refractivity contribution in [2.24, 2.45) is 5.92 Å². The van der Waals surface area contributed by atoms with Crippen LogP contribution in [0.3, 0.4) is 0 Å². The Balaban J connectivity index is 2.10. The van der Waals surface area contributed by atoms with E-state index < -0.39 is 25.9 Å². The van der Waals surface area contributed by atoms with E-state index in [4.69, 9.17) is 4.11 Å². The van der Waals surface area contributed by atoms with Crippen molar-refractivity contribution in [3.63, 3.8) is 0 Å². The van der Waals surface area contributed by atoms with Gasteiger partial charge < -0.3 is 0 Å². The third kappa shape index (κ3) is 4.32. The van der Waals surface area contributed by atoms with Crippen LogP contribution < -0.4 is 8.79 Å². The van der Waals surface area contributed by atoms with Gasteiger partial charge in [0.1, 0.15) is 0 Å². The average Bonchev–Trinajstić information content (AvgIpc) is 2.67. The summed E-state index contributed by atoms with van der Waals surface area (Å²) in [6.45, 7) is 2.03. The van der Waals surface area contributed by atoms with Crippen LogP contribution in [0.25, 0.3) is 11.3 Å². The van der Waals surface area contributed by atoms with Crippen LogP contribution in [0.5, 0.6) is 0 Å². The van der Waals surface area contributed by atoms with Gasteiger partial charge in [-0.25, -0.2) is 0 Å². The summed E-state index contributed by atoms with van der Waals surface area (Å²) in [7, 11) is 0. The third-order valence-electron chi connectivity index (χ3n) is 5.03. The first kappa shape index (κ1) is 16.1. The quantitative estimate of drug-likeness (QED) is 0.512. The number of benzene rings is 2. The van der Waals surface area contributed by atoms with Crippen LogP contribution in [0, 0.1) is 18.6 Å². The minimum atomic E-state index is -2.57. The van der Waals surface area contributed by atoms with Gasteiger partial charge in [0.25, 0.3) is 0 Å². The molecular formula is C24H28FGeN. The Kier molecular flexibility index (Phi) is 4.74. The van der Waals surface area contributed by atoms with E-state index in [2.05, 4.69) is 54.6 Å². The topological polar surface area (TPSA) is 12.9 Å². The van der Waals surface area contributed by atoms with Crippen molar-refractivity contribution in [2.75, 3.05) is 0 Å². The molecule has 27 heavy (non-hydrogen) atoms. The summed E-state index contributed by atoms with van der Waals surface area (Å²) in [6, 6.07) is 16.7. The molecule has 1 heterocycles. The van der Waals surface area contributed by atoms with Crippen LogP contribution in [0.4, 0.5) is 4.39 Å². The minimum absolute atomic E-state index is 0.00276. The monoisotopic (exact) mass is 426 g/mol. The van der Waals surface area contributed by atoms with Crippen LogP contribution in [0.2, 0.25) is 11.5 Å². The van der Waals surface area contributed by atoms with E-state index in [-0.39, 0.29) is 5.56 Å². The van der Waals surface area contributed by atoms with Gasteiger partial charge in [-0.15, -0.1) is 0 Å². The molecule has 0 atom stereocenters. The van der Waals surface area contributed by atoms with E-state index in [1.165, 1.54) is 26.5 Å². The molecule has 0 aliphatic heterocycles. The fourth-order valence-corrected chi connectivity index (χ4v) is 9.22. The van der Waals surface area contributed by atoms with Crippen LogP contribution in [-0.4, -0.2) is 18.3 Å². The van der Waals surface area contributed by atoms with Crippen molar-refractivity contribution in [1.82, 2.24) is 4.98 Å². The van der Waals surface area contributed by atoms with Gasteiger partial charge >= 0.3 is 169 Å². The molecule has 140 valence electrons. The van der Waals surface area contributed by atoms with Crippen LogP contribution in [-0.2, 0) is 6.42 Å². The second-order valence-corrected chi connectivity index (χ2v) is 17.2. The molecule has 3 rings (SSSR count). The molecule has 0 amide bonds. The Morgan fingerprint density at radius 3 is 2.44 bits per heavy atom. The molecule has 3 aromatic rings. The normalized spacial score (nSPS) is 13.9. The van der Waals surface area contributed by atoms with Crippen LogP contribution >= 0.6 is 0 Å². The van der Waals surface area contributed by atoms with E-state index >= 15 is 0 Å². The molecule has 0 aliphatic carbocycles. The van der Waals surface area contributed by atoms with Crippen molar-refractivity contribution in [1.29, 1.82) is 0 Å². The maximum absolute atomic E-state index is 14.8. The molecule has 0 saturated carbocycles. The molecule has 0 spiro atoms. The zero-order valence-electron chi connectivity index (χ0n) is 19.4. The first-order chi connectivity index (χ1) is 14.0. The average molecular weight is 425 g/mol. The van der Waals surface area contributed by atoms with E-state index in [1.54, 1.807) is 0 Å². The van der Waals surface area contributed by atoms with Crippen molar-refractivity contribution < 1.29 is 8.50 Å². The summed E-state index contributed by atoms with van der Waals surface area (Å²) < 4.78 is 39.9. The number of rotatable bonds is 5. The Labute approximate surface area is 169 Å². The van der Waals surface area contributed by atoms with Gasteiger partial charge in [0.2, 0.25) is 0 Å². The molecule has 0 unspecified atom stereocenters. The van der Waals surface area contributed by atoms with Gasteiger partial charge in [-0.1, -0.05) is 0 Å². The molecule has 1 nitrogen and oxygen atoms in total. The Morgan fingerprint density at radius 2 is 1.81 bits per heavy atom. The van der Waals surface area contributed by atoms with Crippen molar-refractivity contribution in [3.05, 3.63) is 77.7 Å². The molecule has 0 saturated heterocycles. The fourth-order valence-electron chi connectivity index (χ4n) is 3.55. The second-order valence-electron chi connectivity index (χ2n) is 8.01. The predicted molar refractivity (Wildman–Crippen MR) is 116 cm³/mol. The van der Waals surface area contributed by atoms with Crippen LogP contribution in [0.15, 0.2) is 60.8 Å². The Hall–Kier alpha value is -1.94. The number of nitrogens with zero attached hydrogens (tertiary/aromatic N) is 1. The molecule has 0 fully saturated rings. The van der Waals surface area contributed by atoms with Gasteiger partial charge in [0.15, 0.2) is 0 Å². The van der Waals surface area contributed by atoms with Gasteiger partial charge in [0.05, 0.1) is 0 Å². The number of hydrogen-bond acceptors (Lipinski definition) is 1. The first-order valence-electron chi connectivity index (χ1n) is 10.9. The van der Waals surface area contributed by atoms with Crippen molar-refractivity contribution in [3.8, 4) is 11.3 Å². The summed E-state index contributed by atoms with van der Waals surface area (Å²) in [6.07, 6.45) is 2.82. The van der Waals surface area contributed by atoms with Crippen LogP contribution in [0.1, 0.15) is 29.1 Å². The summed E-state index contributed by atoms with van der Waals surface area (Å²) >= 11 is -2.57. The standard InChI is InChI=1S/C24H28FGeN/c1-17(2)13-19-15-24(21-12-11-18(3)14-22(21)25)27-16-23(19)26(4,5)20-9-7-6-8-10-20/h6-12,14-17H,13H2,1-5H3/i3D3. The van der Waals surface area contributed by atoms with E-state index in [1.807, 2.05) is 18.3 Å². The number of pyridine rings is 1. The van der Waals surface area contributed by atoms with Gasteiger partial charge in [0, 0.05) is 0 Å². The van der Waals surface area contributed by atoms with Gasteiger partial charge in [-0.05, 0) is 0 Å². The molecule has 1 aromatic heterocycles. The molecular weight excluding hydrogens is 394 g/mol. The first-order valence-corrected chi connectivity index (χ1v) is 15.6. The number of aryl methyl sites for hydroxylation is 1. The number of aromatic nitrogens is 1. The number of hydrogen-bond donors (Lipinski definition) is 0. The van der Waals surface area contributed by atoms with Crippen molar-refractivity contribution in [2.45, 2.75) is 38.6 Å². The summed E-state index contributed by atoms with van der Waals surface area (Å²) in [5.74, 6) is 4.63. The number of halogens is 1. The third-order valence-corrected chi connectivity index (χ3v) is 12.5. The van der Waals surface area contributed by atoms with E-state index in [0.717, 1.165) is 12.5 Å². The van der Waals surface area contributed by atoms with E-state index in [0.29, 0.717) is 17.2 Å². The second kappa shape index (κ2) is 7.97. The fraction of sp³-hybridized carbons (Fsp3) is 0.292. The molecule has 0 radical (unpaired) electrons. The Bertz CT molecular complexity index is 1030. The van der Waals surface area contributed by atoms with Crippen molar-refractivity contribution >= 4 is 22.1 Å². The van der Waals surface area contributed by atoms with E-state index in [9.17, 15) is 4.39 Å². The molecule has 0 bridgehead atoms. The summed E-state index contributed by atoms with van der Waals surface area (Å²) in [4.78, 5) is 4.63. The molecule has 2 aromatic carbocycles. The van der Waals surface area contributed by atoms with Gasteiger partial charge in [-0.2, -0.15) is 0 Å². The zero-order valence-corrected chi connectivity index (χ0v) is 18.5.